The van der Waals surface area contributed by atoms with Crippen LogP contribution in [0.5, 0.6) is 0 Å². The van der Waals surface area contributed by atoms with E-state index in [1.165, 1.54) is 6.34 Å². The minimum atomic E-state index is 0.515. The van der Waals surface area contributed by atoms with Gasteiger partial charge in [-0.25, -0.2) is 0 Å². The van der Waals surface area contributed by atoms with E-state index in [0.29, 0.717) is 5.25 Å². The van der Waals surface area contributed by atoms with Crippen molar-refractivity contribution >= 4 is 19.0 Å². The molecule has 0 aromatic rings. The van der Waals surface area contributed by atoms with E-state index in [0.717, 1.165) is 13.1 Å². The number of nitrogens with zero attached hydrogens (tertiary/aromatic N) is 1. The zero-order valence-electron chi connectivity index (χ0n) is 3.96. The lowest BCUT2D eigenvalue weighted by molar-refractivity contribution is 0.322. The van der Waals surface area contributed by atoms with Crippen LogP contribution in [0.3, 0.4) is 0 Å². The van der Waals surface area contributed by atoms with Gasteiger partial charge in [0.2, 0.25) is 0 Å². The third kappa shape index (κ3) is 0.881. The van der Waals surface area contributed by atoms with Gasteiger partial charge in [-0.05, 0) is 0 Å². The molecule has 1 saturated heterocycles. The Kier molecular flexibility index (Phi) is 1.23. The molecule has 0 radical (unpaired) electrons. The molecule has 1 aliphatic heterocycles. The summed E-state index contributed by atoms with van der Waals surface area (Å²) in [6, 6.07) is 0. The largest absolute Gasteiger partial charge is 0.361 e. The van der Waals surface area contributed by atoms with Gasteiger partial charge in [-0.3, -0.25) is 5.41 Å². The molecule has 2 nitrogen and oxygen atoms in total. The van der Waals surface area contributed by atoms with Gasteiger partial charge < -0.3 is 4.90 Å². The van der Waals surface area contributed by atoms with Gasteiger partial charge in [-0.1, -0.05) is 0 Å². The van der Waals surface area contributed by atoms with Crippen molar-refractivity contribution in [1.29, 1.82) is 5.41 Å². The third-order valence-corrected chi connectivity index (χ3v) is 1.40. The number of nitrogens with one attached hydrogen (secondary N) is 1. The van der Waals surface area contributed by atoms with Crippen molar-refractivity contribution < 1.29 is 0 Å². The van der Waals surface area contributed by atoms with Crippen LogP contribution in [0.15, 0.2) is 0 Å². The quantitative estimate of drug-likeness (QED) is 0.286. The first-order valence-electron chi connectivity index (χ1n) is 2.25. The Hall–Kier alpha value is -0.180. The van der Waals surface area contributed by atoms with Crippen LogP contribution >= 0.6 is 12.6 Å². The molecule has 1 fully saturated rings. The first kappa shape index (κ1) is 4.97. The van der Waals surface area contributed by atoms with Crippen molar-refractivity contribution in [3.05, 3.63) is 0 Å². The SMILES string of the molecule is N=CN1CC(S)C1. The van der Waals surface area contributed by atoms with Crippen LogP contribution < -0.4 is 0 Å². The second-order valence-corrected chi connectivity index (χ2v) is 2.47. The van der Waals surface area contributed by atoms with Gasteiger partial charge in [-0.2, -0.15) is 12.6 Å². The van der Waals surface area contributed by atoms with Crippen molar-refractivity contribution in [1.82, 2.24) is 4.90 Å². The summed E-state index contributed by atoms with van der Waals surface area (Å²) in [5.74, 6) is 0. The lowest BCUT2D eigenvalue weighted by Crippen LogP contribution is -2.46. The molecule has 0 spiro atoms. The predicted octanol–water partition coefficient (Wildman–Crippen LogP) is 0.207. The molecular formula is C4H8N2S. The molecule has 40 valence electrons. The molecule has 0 saturated carbocycles. The molecule has 0 aromatic heterocycles. The number of hydrogen-bond donors (Lipinski definition) is 2. The van der Waals surface area contributed by atoms with Crippen molar-refractivity contribution in [3.8, 4) is 0 Å². The van der Waals surface area contributed by atoms with Crippen LogP contribution in [0, 0.1) is 5.41 Å². The van der Waals surface area contributed by atoms with Gasteiger partial charge in [0.05, 0.1) is 6.34 Å². The first-order chi connectivity index (χ1) is 3.33. The van der Waals surface area contributed by atoms with E-state index in [-0.39, 0.29) is 0 Å². The normalized spacial score (nSPS) is 21.6. The molecule has 0 aromatic carbocycles. The van der Waals surface area contributed by atoms with Gasteiger partial charge in [0.1, 0.15) is 0 Å². The Morgan fingerprint density at radius 2 is 2.29 bits per heavy atom. The molecule has 1 N–H and O–H groups in total. The predicted molar refractivity (Wildman–Crippen MR) is 33.1 cm³/mol. The van der Waals surface area contributed by atoms with Crippen LogP contribution in [0.4, 0.5) is 0 Å². The summed E-state index contributed by atoms with van der Waals surface area (Å²) in [5, 5.41) is 7.23. The van der Waals surface area contributed by atoms with Crippen molar-refractivity contribution in [2.24, 2.45) is 0 Å². The zero-order chi connectivity index (χ0) is 5.28. The van der Waals surface area contributed by atoms with Gasteiger partial charge in [0.25, 0.3) is 0 Å². The Morgan fingerprint density at radius 3 is 2.43 bits per heavy atom. The van der Waals surface area contributed by atoms with E-state index >= 15 is 0 Å². The molecule has 0 aliphatic carbocycles. The molecule has 7 heavy (non-hydrogen) atoms. The van der Waals surface area contributed by atoms with E-state index in [2.05, 4.69) is 12.6 Å². The summed E-state index contributed by atoms with van der Waals surface area (Å²) in [4.78, 5) is 1.91. The number of likely N-dealkylation sites (tertiary alicyclic amines) is 1. The maximum atomic E-state index is 6.72. The minimum Gasteiger partial charge on any atom is -0.361 e. The molecule has 1 heterocycles. The number of rotatable bonds is 1. The highest BCUT2D eigenvalue weighted by Gasteiger charge is 2.19. The molecular weight excluding hydrogens is 108 g/mol. The summed E-state index contributed by atoms with van der Waals surface area (Å²) in [6.45, 7) is 1.90. The molecule has 1 aliphatic rings. The van der Waals surface area contributed by atoms with Crippen LogP contribution in [0.25, 0.3) is 0 Å². The fourth-order valence-electron chi connectivity index (χ4n) is 0.593. The summed E-state index contributed by atoms with van der Waals surface area (Å²) in [6.07, 6.45) is 1.35. The molecule has 0 unspecified atom stereocenters. The highest BCUT2D eigenvalue weighted by atomic mass is 32.1. The molecule has 0 amide bonds. The average Bonchev–Trinajstić information content (AvgIpc) is 1.58. The fourth-order valence-corrected chi connectivity index (χ4v) is 1.01. The summed E-state index contributed by atoms with van der Waals surface area (Å²) in [5.41, 5.74) is 0. The van der Waals surface area contributed by atoms with Crippen molar-refractivity contribution in [2.45, 2.75) is 5.25 Å². The van der Waals surface area contributed by atoms with Crippen molar-refractivity contribution in [3.63, 3.8) is 0 Å². The molecule has 3 heteroatoms. The maximum Gasteiger partial charge on any atom is 0.0818 e. The van der Waals surface area contributed by atoms with Gasteiger partial charge >= 0.3 is 0 Å². The summed E-state index contributed by atoms with van der Waals surface area (Å²) < 4.78 is 0. The number of thiol groups is 1. The van der Waals surface area contributed by atoms with E-state index < -0.39 is 0 Å². The zero-order valence-corrected chi connectivity index (χ0v) is 4.86. The smallest absolute Gasteiger partial charge is 0.0818 e. The molecule has 1 rings (SSSR count). The van der Waals surface area contributed by atoms with Gasteiger partial charge in [0.15, 0.2) is 0 Å². The lowest BCUT2D eigenvalue weighted by atomic mass is 10.2. The van der Waals surface area contributed by atoms with Gasteiger partial charge in [-0.15, -0.1) is 0 Å². The Bertz CT molecular complexity index is 77.8. The average molecular weight is 116 g/mol. The Balaban J connectivity index is 2.17. The van der Waals surface area contributed by atoms with Gasteiger partial charge in [0, 0.05) is 18.3 Å². The first-order valence-corrected chi connectivity index (χ1v) is 2.77. The lowest BCUT2D eigenvalue weighted by Gasteiger charge is -2.33. The standard InChI is InChI=1S/C4H8N2S/c5-3-6-1-4(7)2-6/h3-5,7H,1-2H2. The third-order valence-electron chi connectivity index (χ3n) is 1.07. The Morgan fingerprint density at radius 1 is 1.71 bits per heavy atom. The fraction of sp³-hybridized carbons (Fsp3) is 0.750. The highest BCUT2D eigenvalue weighted by molar-refractivity contribution is 7.81. The van der Waals surface area contributed by atoms with Crippen molar-refractivity contribution in [2.75, 3.05) is 13.1 Å². The second-order valence-electron chi connectivity index (χ2n) is 1.74. The van der Waals surface area contributed by atoms with Crippen LogP contribution in [-0.4, -0.2) is 29.6 Å². The molecule has 0 atom stereocenters. The monoisotopic (exact) mass is 116 g/mol. The maximum absolute atomic E-state index is 6.72. The topological polar surface area (TPSA) is 27.1 Å². The van der Waals surface area contributed by atoms with Crippen LogP contribution in [0.1, 0.15) is 0 Å². The second kappa shape index (κ2) is 1.74. The van der Waals surface area contributed by atoms with Crippen LogP contribution in [0.2, 0.25) is 0 Å². The van der Waals surface area contributed by atoms with E-state index in [4.69, 9.17) is 5.41 Å². The molecule has 0 bridgehead atoms. The summed E-state index contributed by atoms with van der Waals surface area (Å²) in [7, 11) is 0. The van der Waals surface area contributed by atoms with E-state index in [1.807, 2.05) is 4.90 Å². The van der Waals surface area contributed by atoms with E-state index in [9.17, 15) is 0 Å². The van der Waals surface area contributed by atoms with Crippen LogP contribution in [-0.2, 0) is 0 Å². The highest BCUT2D eigenvalue weighted by Crippen LogP contribution is 2.09. The minimum absolute atomic E-state index is 0.515. The summed E-state index contributed by atoms with van der Waals surface area (Å²) >= 11 is 4.15. The van der Waals surface area contributed by atoms with E-state index in [1.54, 1.807) is 0 Å². The Labute approximate surface area is 48.4 Å². The number of hydrogen-bond acceptors (Lipinski definition) is 2.